The number of nitrogens with zero attached hydrogens (tertiary/aromatic N) is 2. The van der Waals surface area contributed by atoms with Crippen LogP contribution < -0.4 is 4.90 Å². The molecular weight excluding hydrogens is 443 g/mol. The number of hydrogen-bond donors (Lipinski definition) is 1. The van der Waals surface area contributed by atoms with Gasteiger partial charge in [-0.25, -0.2) is 14.2 Å². The highest BCUT2D eigenvalue weighted by atomic mass is 32.1. The largest absolute Gasteiger partial charge is 0.503 e. The Morgan fingerprint density at radius 3 is 2.55 bits per heavy atom. The van der Waals surface area contributed by atoms with E-state index in [-0.39, 0.29) is 15.6 Å². The minimum absolute atomic E-state index is 0.109. The molecule has 1 unspecified atom stereocenters. The molecule has 0 saturated heterocycles. The summed E-state index contributed by atoms with van der Waals surface area (Å²) in [4.78, 5) is 44.2. The number of hydrogen-bond acceptors (Lipinski definition) is 8. The van der Waals surface area contributed by atoms with Crippen LogP contribution >= 0.6 is 22.7 Å². The number of aliphatic hydroxyl groups is 1. The van der Waals surface area contributed by atoms with Crippen molar-refractivity contribution in [3.05, 3.63) is 79.9 Å². The Balaban J connectivity index is 1.87. The number of thiophene rings is 1. The van der Waals surface area contributed by atoms with Gasteiger partial charge < -0.3 is 9.84 Å². The highest BCUT2D eigenvalue weighted by Gasteiger charge is 2.46. The minimum Gasteiger partial charge on any atom is -0.503 e. The molecular formula is C21H15FN2O5S2. The Morgan fingerprint density at radius 1 is 1.23 bits per heavy atom. The predicted octanol–water partition coefficient (Wildman–Crippen LogP) is 4.22. The number of Topliss-reactive ketones (excluding diaryl/α,β-unsaturated/α-hetero) is 1. The van der Waals surface area contributed by atoms with Crippen molar-refractivity contribution in [2.45, 2.75) is 13.0 Å². The molecule has 1 aliphatic rings. The minimum atomic E-state index is -1.04. The van der Waals surface area contributed by atoms with E-state index < -0.39 is 35.3 Å². The summed E-state index contributed by atoms with van der Waals surface area (Å²) in [7, 11) is 1.23. The van der Waals surface area contributed by atoms with E-state index in [1.54, 1.807) is 24.4 Å². The molecule has 0 bridgehead atoms. The lowest BCUT2D eigenvalue weighted by Gasteiger charge is -2.24. The fourth-order valence-electron chi connectivity index (χ4n) is 3.30. The fraction of sp³-hybridized carbons (Fsp3) is 0.143. The van der Waals surface area contributed by atoms with Crippen molar-refractivity contribution in [2.24, 2.45) is 0 Å². The first-order chi connectivity index (χ1) is 14.8. The first kappa shape index (κ1) is 20.9. The molecule has 10 heteroatoms. The number of ether oxygens (including phenoxy) is 1. The molecule has 1 atom stereocenters. The van der Waals surface area contributed by atoms with Crippen LogP contribution in [0.1, 0.15) is 36.6 Å². The molecule has 0 fully saturated rings. The number of anilines is 1. The smallest absolute Gasteiger partial charge is 0.350 e. The van der Waals surface area contributed by atoms with E-state index in [9.17, 15) is 23.9 Å². The van der Waals surface area contributed by atoms with Crippen LogP contribution in [-0.4, -0.2) is 34.9 Å². The molecule has 0 radical (unpaired) electrons. The van der Waals surface area contributed by atoms with E-state index in [0.717, 1.165) is 16.2 Å². The summed E-state index contributed by atoms with van der Waals surface area (Å²) < 4.78 is 18.3. The average molecular weight is 458 g/mol. The summed E-state index contributed by atoms with van der Waals surface area (Å²) in [5.41, 5.74) is 0.618. The Bertz CT molecular complexity index is 1220. The molecule has 7 nitrogen and oxygen atoms in total. The van der Waals surface area contributed by atoms with Gasteiger partial charge in [0.15, 0.2) is 10.9 Å². The second kappa shape index (κ2) is 8.05. The number of aromatic nitrogens is 1. The predicted molar refractivity (Wildman–Crippen MR) is 113 cm³/mol. The van der Waals surface area contributed by atoms with Crippen LogP contribution in [0.15, 0.2) is 53.1 Å². The SMILES string of the molecule is COC(=O)c1sc(N2C(=O)C(O)=C(C(=O)c3cccs3)C2c2ccc(F)cc2)nc1C. The number of carbonyl (C=O) groups excluding carboxylic acids is 3. The molecule has 0 saturated carbocycles. The van der Waals surface area contributed by atoms with Gasteiger partial charge in [-0.2, -0.15) is 0 Å². The second-order valence-electron chi connectivity index (χ2n) is 6.60. The number of amides is 1. The maximum absolute atomic E-state index is 13.5. The monoisotopic (exact) mass is 458 g/mol. The molecule has 3 aromatic rings. The molecule has 4 rings (SSSR count). The van der Waals surface area contributed by atoms with Crippen LogP contribution in [0.25, 0.3) is 0 Å². The molecule has 1 amide bonds. The zero-order valence-corrected chi connectivity index (χ0v) is 17.9. The highest BCUT2D eigenvalue weighted by molar-refractivity contribution is 7.17. The molecule has 0 aliphatic carbocycles. The average Bonchev–Trinajstić information content (AvgIpc) is 3.47. The molecule has 3 heterocycles. The van der Waals surface area contributed by atoms with Crippen LogP contribution in [0.3, 0.4) is 0 Å². The topological polar surface area (TPSA) is 96.8 Å². The lowest BCUT2D eigenvalue weighted by atomic mass is 9.95. The summed E-state index contributed by atoms with van der Waals surface area (Å²) >= 11 is 2.08. The van der Waals surface area contributed by atoms with Gasteiger partial charge >= 0.3 is 5.97 Å². The number of methoxy groups -OCH3 is 1. The lowest BCUT2D eigenvalue weighted by molar-refractivity contribution is -0.117. The molecule has 31 heavy (non-hydrogen) atoms. The van der Waals surface area contributed by atoms with E-state index in [1.807, 2.05) is 0 Å². The van der Waals surface area contributed by atoms with Crippen molar-refractivity contribution in [1.29, 1.82) is 0 Å². The van der Waals surface area contributed by atoms with E-state index in [1.165, 1.54) is 42.7 Å². The third-order valence-electron chi connectivity index (χ3n) is 4.75. The molecule has 158 valence electrons. The van der Waals surface area contributed by atoms with E-state index >= 15 is 0 Å². The summed E-state index contributed by atoms with van der Waals surface area (Å²) in [5, 5.41) is 12.5. The van der Waals surface area contributed by atoms with Gasteiger partial charge in [0.05, 0.1) is 29.3 Å². The molecule has 1 aromatic carbocycles. The lowest BCUT2D eigenvalue weighted by Crippen LogP contribution is -2.31. The Labute approximate surface area is 184 Å². The zero-order chi connectivity index (χ0) is 22.3. The van der Waals surface area contributed by atoms with Crippen molar-refractivity contribution in [3.63, 3.8) is 0 Å². The van der Waals surface area contributed by atoms with Crippen molar-refractivity contribution >= 4 is 45.5 Å². The maximum atomic E-state index is 13.5. The van der Waals surface area contributed by atoms with Gasteiger partial charge in [0, 0.05) is 0 Å². The van der Waals surface area contributed by atoms with E-state index in [0.29, 0.717) is 16.1 Å². The van der Waals surface area contributed by atoms with Gasteiger partial charge in [-0.05, 0) is 36.1 Å². The number of benzene rings is 1. The number of aliphatic hydroxyl groups excluding tert-OH is 1. The van der Waals surface area contributed by atoms with E-state index in [2.05, 4.69) is 4.98 Å². The van der Waals surface area contributed by atoms with E-state index in [4.69, 9.17) is 4.74 Å². The van der Waals surface area contributed by atoms with Crippen LogP contribution in [0, 0.1) is 12.7 Å². The Hall–Kier alpha value is -3.37. The van der Waals surface area contributed by atoms with Gasteiger partial charge in [0.2, 0.25) is 5.78 Å². The number of rotatable bonds is 5. The standard InChI is InChI=1S/C21H15FN2O5S2/c1-10-18(20(28)29-2)31-21(23-10)24-15(11-5-7-12(22)8-6-11)14(17(26)19(24)27)16(25)13-4-3-9-30-13/h3-9,15,26H,1-2H3. The quantitative estimate of drug-likeness (QED) is 0.454. The fourth-order valence-corrected chi connectivity index (χ4v) is 4.99. The number of ketones is 1. The number of thiazole rings is 1. The van der Waals surface area contributed by atoms with Crippen LogP contribution in [0.5, 0.6) is 0 Å². The first-order valence-electron chi connectivity index (χ1n) is 8.99. The molecule has 1 aliphatic heterocycles. The summed E-state index contributed by atoms with van der Waals surface area (Å²) in [6.07, 6.45) is 0. The number of esters is 1. The first-order valence-corrected chi connectivity index (χ1v) is 10.7. The normalized spacial score (nSPS) is 16.2. The summed E-state index contributed by atoms with van der Waals surface area (Å²) in [5.74, 6) is -3.16. The zero-order valence-electron chi connectivity index (χ0n) is 16.3. The van der Waals surface area contributed by atoms with Crippen molar-refractivity contribution in [1.82, 2.24) is 4.98 Å². The van der Waals surface area contributed by atoms with Crippen LogP contribution in [0.4, 0.5) is 9.52 Å². The molecule has 0 spiro atoms. The second-order valence-corrected chi connectivity index (χ2v) is 8.53. The number of carbonyl (C=O) groups is 3. The Morgan fingerprint density at radius 2 is 1.94 bits per heavy atom. The van der Waals surface area contributed by atoms with Crippen LogP contribution in [-0.2, 0) is 9.53 Å². The van der Waals surface area contributed by atoms with Crippen molar-refractivity contribution in [2.75, 3.05) is 12.0 Å². The van der Waals surface area contributed by atoms with Crippen molar-refractivity contribution < 1.29 is 28.6 Å². The van der Waals surface area contributed by atoms with Gasteiger partial charge in [0.25, 0.3) is 5.91 Å². The molecule has 2 aromatic heterocycles. The van der Waals surface area contributed by atoms with Gasteiger partial charge in [0.1, 0.15) is 10.7 Å². The van der Waals surface area contributed by atoms with Gasteiger partial charge in [-0.1, -0.05) is 29.5 Å². The maximum Gasteiger partial charge on any atom is 0.350 e. The van der Waals surface area contributed by atoms with Crippen molar-refractivity contribution in [3.8, 4) is 0 Å². The van der Waals surface area contributed by atoms with Gasteiger partial charge in [-0.3, -0.25) is 14.5 Å². The highest BCUT2D eigenvalue weighted by Crippen LogP contribution is 2.44. The third kappa shape index (κ3) is 3.53. The number of halogens is 1. The third-order valence-corrected chi connectivity index (χ3v) is 6.75. The Kier molecular flexibility index (Phi) is 5.42. The van der Waals surface area contributed by atoms with Gasteiger partial charge in [-0.15, -0.1) is 11.3 Å². The summed E-state index contributed by atoms with van der Waals surface area (Å²) in [6.45, 7) is 1.59. The van der Waals surface area contributed by atoms with Crippen LogP contribution in [0.2, 0.25) is 0 Å². The number of aryl methyl sites for hydroxylation is 1. The summed E-state index contributed by atoms with van der Waals surface area (Å²) in [6, 6.07) is 7.50. The molecule has 1 N–H and O–H groups in total.